The monoisotopic (exact) mass is 247 g/mol. The zero-order valence-corrected chi connectivity index (χ0v) is 11.7. The minimum absolute atomic E-state index is 0.0158. The highest BCUT2D eigenvalue weighted by molar-refractivity contribution is 6.01. The topological polar surface area (TPSA) is 52.3 Å². The van der Waals surface area contributed by atoms with E-state index in [1.807, 2.05) is 39.0 Å². The zero-order chi connectivity index (χ0) is 13.9. The van der Waals surface area contributed by atoms with E-state index in [0.717, 1.165) is 16.9 Å². The molecule has 0 unspecified atom stereocenters. The number of benzene rings is 1. The minimum atomic E-state index is 0.0158. The van der Waals surface area contributed by atoms with Crippen LogP contribution in [0, 0.1) is 12.8 Å². The summed E-state index contributed by atoms with van der Waals surface area (Å²) < 4.78 is 5.27. The predicted octanol–water partition coefficient (Wildman–Crippen LogP) is 2.92. The van der Waals surface area contributed by atoms with E-state index in [4.69, 9.17) is 10.5 Å². The van der Waals surface area contributed by atoms with Crippen LogP contribution in [-0.2, 0) is 4.79 Å². The Bertz CT molecular complexity index is 487. The summed E-state index contributed by atoms with van der Waals surface area (Å²) in [6.45, 7) is 7.45. The number of nitrogens with two attached hydrogens (primary N) is 1. The molecule has 0 heterocycles. The quantitative estimate of drug-likeness (QED) is 0.832. The molecular weight excluding hydrogens is 226 g/mol. The first-order valence-electron chi connectivity index (χ1n) is 6.04. The molecule has 0 aliphatic carbocycles. The van der Waals surface area contributed by atoms with E-state index < -0.39 is 0 Å². The minimum Gasteiger partial charge on any atom is -0.496 e. The van der Waals surface area contributed by atoms with Crippen molar-refractivity contribution in [2.45, 2.75) is 27.7 Å². The number of methoxy groups -OCH3 is 1. The molecule has 3 heteroatoms. The lowest BCUT2D eigenvalue weighted by molar-refractivity contribution is -0.113. The maximum Gasteiger partial charge on any atom is 0.158 e. The fourth-order valence-corrected chi connectivity index (χ4v) is 2.05. The Kier molecular flexibility index (Phi) is 4.54. The molecule has 0 aliphatic heterocycles. The first-order valence-corrected chi connectivity index (χ1v) is 6.04. The maximum atomic E-state index is 11.7. The zero-order valence-electron chi connectivity index (χ0n) is 11.7. The van der Waals surface area contributed by atoms with Crippen molar-refractivity contribution in [3.05, 3.63) is 34.9 Å². The van der Waals surface area contributed by atoms with Crippen molar-refractivity contribution in [2.24, 2.45) is 11.7 Å². The van der Waals surface area contributed by atoms with Gasteiger partial charge < -0.3 is 10.5 Å². The third-order valence-electron chi connectivity index (χ3n) is 2.97. The third-order valence-corrected chi connectivity index (χ3v) is 2.97. The largest absolute Gasteiger partial charge is 0.496 e. The molecule has 3 nitrogen and oxygen atoms in total. The van der Waals surface area contributed by atoms with Gasteiger partial charge in [0.05, 0.1) is 7.11 Å². The Morgan fingerprint density at radius 1 is 1.33 bits per heavy atom. The fourth-order valence-electron chi connectivity index (χ4n) is 2.05. The number of rotatable bonds is 4. The van der Waals surface area contributed by atoms with Crippen molar-refractivity contribution >= 4 is 11.5 Å². The lowest BCUT2D eigenvalue weighted by Gasteiger charge is -2.14. The van der Waals surface area contributed by atoms with Crippen molar-refractivity contribution in [3.8, 4) is 5.75 Å². The first-order chi connectivity index (χ1) is 8.38. The number of hydrogen-bond donors (Lipinski definition) is 1. The van der Waals surface area contributed by atoms with Gasteiger partial charge in [-0.05, 0) is 31.4 Å². The number of carbonyl (C=O) groups is 1. The van der Waals surface area contributed by atoms with Crippen LogP contribution in [0.25, 0.3) is 5.70 Å². The summed E-state index contributed by atoms with van der Waals surface area (Å²) in [5.41, 5.74) is 9.20. The molecule has 1 aromatic rings. The van der Waals surface area contributed by atoms with E-state index in [0.29, 0.717) is 11.3 Å². The second kappa shape index (κ2) is 5.71. The van der Waals surface area contributed by atoms with Gasteiger partial charge in [0.1, 0.15) is 5.75 Å². The van der Waals surface area contributed by atoms with Crippen LogP contribution in [0.1, 0.15) is 31.9 Å². The van der Waals surface area contributed by atoms with Crippen LogP contribution in [0.15, 0.2) is 23.8 Å². The molecule has 0 radical (unpaired) electrons. The van der Waals surface area contributed by atoms with Crippen molar-refractivity contribution in [1.82, 2.24) is 0 Å². The van der Waals surface area contributed by atoms with Crippen LogP contribution in [0.3, 0.4) is 0 Å². The molecule has 0 amide bonds. The number of Topliss-reactive ketones (excluding diaryl/α,β-unsaturated/α-hetero) is 1. The maximum absolute atomic E-state index is 11.7. The molecule has 0 bridgehead atoms. The Morgan fingerprint density at radius 3 is 2.39 bits per heavy atom. The van der Waals surface area contributed by atoms with E-state index >= 15 is 0 Å². The number of carbonyl (C=O) groups excluding carboxylic acids is 1. The average Bonchev–Trinajstić information content (AvgIpc) is 2.28. The number of ketones is 1. The summed E-state index contributed by atoms with van der Waals surface area (Å²) >= 11 is 0. The van der Waals surface area contributed by atoms with Gasteiger partial charge in [-0.2, -0.15) is 0 Å². The summed E-state index contributed by atoms with van der Waals surface area (Å²) in [7, 11) is 1.63. The molecule has 0 saturated heterocycles. The van der Waals surface area contributed by atoms with Crippen LogP contribution in [-0.4, -0.2) is 12.9 Å². The highest BCUT2D eigenvalue weighted by Gasteiger charge is 2.15. The van der Waals surface area contributed by atoms with Gasteiger partial charge in [0.25, 0.3) is 0 Å². The normalized spacial score (nSPS) is 12.3. The van der Waals surface area contributed by atoms with Gasteiger partial charge in [0.2, 0.25) is 0 Å². The summed E-state index contributed by atoms with van der Waals surface area (Å²) in [5.74, 6) is 0.902. The van der Waals surface area contributed by atoms with E-state index in [2.05, 4.69) is 0 Å². The van der Waals surface area contributed by atoms with Gasteiger partial charge in [0, 0.05) is 16.8 Å². The van der Waals surface area contributed by atoms with Gasteiger partial charge in [-0.15, -0.1) is 0 Å². The standard InChI is InChI=1S/C15H21NO2/c1-9(2)14(11(4)17)15(16)12-7-6-10(3)13(8-12)18-5/h6-9H,16H2,1-5H3/b15-14-. The molecule has 0 saturated carbocycles. The second-order valence-corrected chi connectivity index (χ2v) is 4.72. The van der Waals surface area contributed by atoms with Gasteiger partial charge in [-0.1, -0.05) is 26.0 Å². The lowest BCUT2D eigenvalue weighted by atomic mass is 9.94. The highest BCUT2D eigenvalue weighted by Crippen LogP contribution is 2.26. The van der Waals surface area contributed by atoms with Gasteiger partial charge in [-0.3, -0.25) is 4.79 Å². The number of hydrogen-bond acceptors (Lipinski definition) is 3. The van der Waals surface area contributed by atoms with Gasteiger partial charge >= 0.3 is 0 Å². The Hall–Kier alpha value is -1.77. The van der Waals surface area contributed by atoms with Crippen molar-refractivity contribution < 1.29 is 9.53 Å². The molecule has 0 fully saturated rings. The Morgan fingerprint density at radius 2 is 1.94 bits per heavy atom. The number of ether oxygens (including phenoxy) is 1. The fraction of sp³-hybridized carbons (Fsp3) is 0.400. The molecule has 1 aromatic carbocycles. The van der Waals surface area contributed by atoms with Crippen molar-refractivity contribution in [2.75, 3.05) is 7.11 Å². The molecule has 0 atom stereocenters. The third kappa shape index (κ3) is 2.92. The van der Waals surface area contributed by atoms with Crippen LogP contribution < -0.4 is 10.5 Å². The number of allylic oxidation sites excluding steroid dienone is 1. The summed E-state index contributed by atoms with van der Waals surface area (Å²) in [6, 6.07) is 5.73. The average molecular weight is 247 g/mol. The molecule has 98 valence electrons. The van der Waals surface area contributed by atoms with Crippen LogP contribution in [0.5, 0.6) is 5.75 Å². The van der Waals surface area contributed by atoms with Gasteiger partial charge in [-0.25, -0.2) is 0 Å². The van der Waals surface area contributed by atoms with E-state index in [9.17, 15) is 4.79 Å². The lowest BCUT2D eigenvalue weighted by Crippen LogP contribution is -2.12. The SMILES string of the molecule is COc1cc(/C(N)=C(/C(C)=O)C(C)C)ccc1C. The molecule has 0 aliphatic rings. The van der Waals surface area contributed by atoms with Gasteiger partial charge in [0.15, 0.2) is 5.78 Å². The van der Waals surface area contributed by atoms with Crippen LogP contribution >= 0.6 is 0 Å². The smallest absolute Gasteiger partial charge is 0.158 e. The van der Waals surface area contributed by atoms with E-state index in [1.54, 1.807) is 14.0 Å². The van der Waals surface area contributed by atoms with E-state index in [1.165, 1.54) is 0 Å². The Balaban J connectivity index is 3.36. The second-order valence-electron chi connectivity index (χ2n) is 4.72. The summed E-state index contributed by atoms with van der Waals surface area (Å²) in [4.78, 5) is 11.7. The molecule has 18 heavy (non-hydrogen) atoms. The molecular formula is C15H21NO2. The van der Waals surface area contributed by atoms with Crippen LogP contribution in [0.2, 0.25) is 0 Å². The highest BCUT2D eigenvalue weighted by atomic mass is 16.5. The summed E-state index contributed by atoms with van der Waals surface area (Å²) in [6.07, 6.45) is 0. The molecule has 1 rings (SSSR count). The van der Waals surface area contributed by atoms with Crippen LogP contribution in [0.4, 0.5) is 0 Å². The predicted molar refractivity (Wildman–Crippen MR) is 74.4 cm³/mol. The van der Waals surface area contributed by atoms with Crippen molar-refractivity contribution in [3.63, 3.8) is 0 Å². The molecule has 0 aromatic heterocycles. The molecule has 0 spiro atoms. The summed E-state index contributed by atoms with van der Waals surface area (Å²) in [5, 5.41) is 0. The first kappa shape index (κ1) is 14.3. The van der Waals surface area contributed by atoms with Crippen molar-refractivity contribution in [1.29, 1.82) is 0 Å². The van der Waals surface area contributed by atoms with E-state index in [-0.39, 0.29) is 11.7 Å². The number of aryl methyl sites for hydroxylation is 1. The molecule has 2 N–H and O–H groups in total. The Labute approximate surface area is 109 Å².